The fourth-order valence-electron chi connectivity index (χ4n) is 1.94. The van der Waals surface area contributed by atoms with Crippen LogP contribution in [0.25, 0.3) is 0 Å². The Morgan fingerprint density at radius 1 is 1.30 bits per heavy atom. The number of pyridine rings is 1. The van der Waals surface area contributed by atoms with E-state index in [-0.39, 0.29) is 18.0 Å². The number of aromatic nitrogens is 1. The zero-order chi connectivity index (χ0) is 14.7. The van der Waals surface area contributed by atoms with E-state index in [4.69, 9.17) is 0 Å². The third-order valence-electron chi connectivity index (χ3n) is 2.85. The van der Waals surface area contributed by atoms with Crippen LogP contribution in [0.4, 0.5) is 5.69 Å². The van der Waals surface area contributed by atoms with Crippen LogP contribution in [-0.4, -0.2) is 10.5 Å². The van der Waals surface area contributed by atoms with Crippen molar-refractivity contribution in [3.05, 3.63) is 62.5 Å². The molecule has 2 aromatic rings. The summed E-state index contributed by atoms with van der Waals surface area (Å²) in [6.07, 6.45) is 1.62. The molecule has 0 unspecified atom stereocenters. The van der Waals surface area contributed by atoms with Crippen LogP contribution in [0.1, 0.15) is 11.1 Å². The van der Waals surface area contributed by atoms with Gasteiger partial charge in [-0.3, -0.25) is 9.59 Å². The van der Waals surface area contributed by atoms with Crippen molar-refractivity contribution in [1.82, 2.24) is 4.57 Å². The fraction of sp³-hybridized carbons (Fsp3) is 0.200. The predicted molar refractivity (Wildman–Crippen MR) is 82.9 cm³/mol. The van der Waals surface area contributed by atoms with Crippen LogP contribution in [0.3, 0.4) is 0 Å². The molecule has 0 saturated carbocycles. The first-order valence-electron chi connectivity index (χ1n) is 6.19. The fourth-order valence-corrected chi connectivity index (χ4v) is 2.53. The molecule has 1 N–H and O–H groups in total. The largest absolute Gasteiger partial charge is 0.325 e. The van der Waals surface area contributed by atoms with Gasteiger partial charge in [0.2, 0.25) is 5.91 Å². The number of benzene rings is 1. The van der Waals surface area contributed by atoms with E-state index < -0.39 is 0 Å². The second kappa shape index (κ2) is 6.05. The van der Waals surface area contributed by atoms with Crippen molar-refractivity contribution in [3.8, 4) is 0 Å². The number of halogens is 1. The lowest BCUT2D eigenvalue weighted by atomic mass is 10.2. The van der Waals surface area contributed by atoms with Crippen molar-refractivity contribution in [2.75, 3.05) is 5.32 Å². The number of nitrogens with one attached hydrogen (secondary N) is 1. The van der Waals surface area contributed by atoms with Gasteiger partial charge in [0.15, 0.2) is 0 Å². The SMILES string of the molecule is Cc1cccc(NC(=O)Cn2cc(Br)cc(C)c2=O)c1. The molecule has 2 rings (SSSR count). The standard InChI is InChI=1S/C15H15BrN2O2/c1-10-4-3-5-13(6-10)17-14(19)9-18-8-12(16)7-11(2)15(18)20/h3-8H,9H2,1-2H3,(H,17,19). The molecule has 1 heterocycles. The van der Waals surface area contributed by atoms with Gasteiger partial charge in [-0.2, -0.15) is 0 Å². The minimum Gasteiger partial charge on any atom is -0.325 e. The van der Waals surface area contributed by atoms with Crippen molar-refractivity contribution in [2.45, 2.75) is 20.4 Å². The summed E-state index contributed by atoms with van der Waals surface area (Å²) in [4.78, 5) is 23.9. The van der Waals surface area contributed by atoms with Crippen molar-refractivity contribution >= 4 is 27.5 Å². The van der Waals surface area contributed by atoms with E-state index in [9.17, 15) is 9.59 Å². The van der Waals surface area contributed by atoms with Gasteiger partial charge in [0.25, 0.3) is 5.56 Å². The molecule has 0 saturated heterocycles. The highest BCUT2D eigenvalue weighted by Crippen LogP contribution is 2.10. The van der Waals surface area contributed by atoms with Crippen LogP contribution in [-0.2, 0) is 11.3 Å². The molecule has 0 aliphatic heterocycles. The Labute approximate surface area is 125 Å². The summed E-state index contributed by atoms with van der Waals surface area (Å²) in [5.74, 6) is -0.227. The molecule has 20 heavy (non-hydrogen) atoms. The van der Waals surface area contributed by atoms with Gasteiger partial charge in [-0.05, 0) is 53.5 Å². The lowest BCUT2D eigenvalue weighted by Crippen LogP contribution is -2.28. The molecule has 0 spiro atoms. The van der Waals surface area contributed by atoms with Crippen LogP contribution in [0.15, 0.2) is 45.8 Å². The summed E-state index contributed by atoms with van der Waals surface area (Å²) >= 11 is 3.32. The topological polar surface area (TPSA) is 51.1 Å². The Bertz CT molecular complexity index is 707. The minimum absolute atomic E-state index is 0.00689. The van der Waals surface area contributed by atoms with Crippen LogP contribution < -0.4 is 10.9 Å². The lowest BCUT2D eigenvalue weighted by Gasteiger charge is -2.09. The highest BCUT2D eigenvalue weighted by Gasteiger charge is 2.07. The number of nitrogens with zero attached hydrogens (tertiary/aromatic N) is 1. The summed E-state index contributed by atoms with van der Waals surface area (Å²) in [5, 5.41) is 2.78. The number of anilines is 1. The third kappa shape index (κ3) is 3.57. The maximum absolute atomic E-state index is 12.0. The van der Waals surface area contributed by atoms with E-state index in [0.29, 0.717) is 5.56 Å². The molecule has 5 heteroatoms. The van der Waals surface area contributed by atoms with Crippen LogP contribution in [0.2, 0.25) is 0 Å². The maximum atomic E-state index is 12.0. The molecule has 1 aromatic heterocycles. The highest BCUT2D eigenvalue weighted by molar-refractivity contribution is 9.10. The maximum Gasteiger partial charge on any atom is 0.253 e. The predicted octanol–water partition coefficient (Wildman–Crippen LogP) is 2.87. The van der Waals surface area contributed by atoms with E-state index in [1.807, 2.05) is 31.2 Å². The van der Waals surface area contributed by atoms with Gasteiger partial charge < -0.3 is 9.88 Å². The van der Waals surface area contributed by atoms with Crippen molar-refractivity contribution in [2.24, 2.45) is 0 Å². The molecule has 1 amide bonds. The van der Waals surface area contributed by atoms with Gasteiger partial charge in [-0.15, -0.1) is 0 Å². The summed E-state index contributed by atoms with van der Waals surface area (Å²) in [6, 6.07) is 9.27. The number of aryl methyl sites for hydroxylation is 2. The number of carbonyl (C=O) groups is 1. The number of hydrogen-bond acceptors (Lipinski definition) is 2. The molecule has 1 aromatic carbocycles. The molecule has 0 aliphatic carbocycles. The first-order chi connectivity index (χ1) is 9.45. The molecule has 104 valence electrons. The molecule has 0 atom stereocenters. The van der Waals surface area contributed by atoms with Gasteiger partial charge in [0.1, 0.15) is 6.54 Å². The monoisotopic (exact) mass is 334 g/mol. The average Bonchev–Trinajstić information content (AvgIpc) is 2.35. The Morgan fingerprint density at radius 2 is 2.05 bits per heavy atom. The molecule has 0 aliphatic rings. The molecule has 0 bridgehead atoms. The number of hydrogen-bond donors (Lipinski definition) is 1. The number of amides is 1. The van der Waals surface area contributed by atoms with E-state index in [0.717, 1.165) is 15.7 Å². The van der Waals surface area contributed by atoms with Gasteiger partial charge in [0.05, 0.1) is 0 Å². The third-order valence-corrected chi connectivity index (χ3v) is 3.28. The first kappa shape index (κ1) is 14.5. The van der Waals surface area contributed by atoms with Crippen molar-refractivity contribution < 1.29 is 4.79 Å². The summed E-state index contributed by atoms with van der Waals surface area (Å²) in [6.45, 7) is 3.67. The van der Waals surface area contributed by atoms with Gasteiger partial charge in [0, 0.05) is 21.9 Å². The van der Waals surface area contributed by atoms with Crippen molar-refractivity contribution in [1.29, 1.82) is 0 Å². The van der Waals surface area contributed by atoms with Crippen LogP contribution in [0, 0.1) is 13.8 Å². The second-order valence-electron chi connectivity index (χ2n) is 4.69. The summed E-state index contributed by atoms with van der Waals surface area (Å²) in [7, 11) is 0. The molecular weight excluding hydrogens is 320 g/mol. The van der Waals surface area contributed by atoms with Crippen LogP contribution in [0.5, 0.6) is 0 Å². The first-order valence-corrected chi connectivity index (χ1v) is 6.98. The molecule has 4 nitrogen and oxygen atoms in total. The van der Waals surface area contributed by atoms with E-state index in [1.165, 1.54) is 4.57 Å². The Hall–Kier alpha value is -1.88. The van der Waals surface area contributed by atoms with Crippen LogP contribution >= 0.6 is 15.9 Å². The van der Waals surface area contributed by atoms with Gasteiger partial charge in [-0.1, -0.05) is 12.1 Å². The van der Waals surface area contributed by atoms with Gasteiger partial charge in [-0.25, -0.2) is 0 Å². The van der Waals surface area contributed by atoms with E-state index >= 15 is 0 Å². The summed E-state index contributed by atoms with van der Waals surface area (Å²) in [5.41, 5.74) is 2.24. The Balaban J connectivity index is 2.15. The lowest BCUT2D eigenvalue weighted by molar-refractivity contribution is -0.116. The summed E-state index contributed by atoms with van der Waals surface area (Å²) < 4.78 is 2.17. The molecular formula is C15H15BrN2O2. The average molecular weight is 335 g/mol. The molecule has 0 radical (unpaired) electrons. The zero-order valence-electron chi connectivity index (χ0n) is 11.3. The van der Waals surface area contributed by atoms with E-state index in [1.54, 1.807) is 19.2 Å². The highest BCUT2D eigenvalue weighted by atomic mass is 79.9. The van der Waals surface area contributed by atoms with Crippen molar-refractivity contribution in [3.63, 3.8) is 0 Å². The Kier molecular flexibility index (Phi) is 4.39. The van der Waals surface area contributed by atoms with E-state index in [2.05, 4.69) is 21.2 Å². The van der Waals surface area contributed by atoms with Gasteiger partial charge >= 0.3 is 0 Å². The molecule has 0 fully saturated rings. The smallest absolute Gasteiger partial charge is 0.253 e. The minimum atomic E-state index is -0.227. The zero-order valence-corrected chi connectivity index (χ0v) is 12.9. The Morgan fingerprint density at radius 3 is 2.75 bits per heavy atom. The second-order valence-corrected chi connectivity index (χ2v) is 5.61. The number of rotatable bonds is 3. The normalized spacial score (nSPS) is 10.3. The quantitative estimate of drug-likeness (QED) is 0.938. The number of carbonyl (C=O) groups excluding carboxylic acids is 1.